The number of pyridine rings is 1. The summed E-state index contributed by atoms with van der Waals surface area (Å²) in [6.07, 6.45) is 1.96. The van der Waals surface area contributed by atoms with Gasteiger partial charge >= 0.3 is 0 Å². The Balaban J connectivity index is 1.71. The van der Waals surface area contributed by atoms with Crippen molar-refractivity contribution in [2.45, 2.75) is 19.9 Å². The zero-order chi connectivity index (χ0) is 20.1. The van der Waals surface area contributed by atoms with Crippen molar-refractivity contribution in [3.05, 3.63) is 87.2 Å². The van der Waals surface area contributed by atoms with Gasteiger partial charge in [0, 0.05) is 18.8 Å². The van der Waals surface area contributed by atoms with E-state index in [0.29, 0.717) is 24.3 Å². The summed E-state index contributed by atoms with van der Waals surface area (Å²) in [6, 6.07) is 12.1. The van der Waals surface area contributed by atoms with E-state index < -0.39 is 11.7 Å². The number of carbonyl (C=O) groups is 1. The van der Waals surface area contributed by atoms with Crippen molar-refractivity contribution in [3.63, 3.8) is 0 Å². The van der Waals surface area contributed by atoms with Crippen LogP contribution in [-0.4, -0.2) is 20.7 Å². The summed E-state index contributed by atoms with van der Waals surface area (Å²) >= 11 is 0. The Morgan fingerprint density at radius 3 is 2.71 bits per heavy atom. The maximum absolute atomic E-state index is 13.5. The summed E-state index contributed by atoms with van der Waals surface area (Å²) in [4.78, 5) is 28.0. The van der Waals surface area contributed by atoms with Crippen molar-refractivity contribution in [3.8, 4) is 6.07 Å². The number of aromatic nitrogens is 3. The molecule has 0 saturated heterocycles. The van der Waals surface area contributed by atoms with Gasteiger partial charge in [0.1, 0.15) is 17.3 Å². The molecule has 1 N–H and O–H groups in total. The Bertz CT molecular complexity index is 1120. The van der Waals surface area contributed by atoms with Crippen molar-refractivity contribution >= 4 is 11.7 Å². The van der Waals surface area contributed by atoms with Crippen LogP contribution in [0.4, 0.5) is 10.2 Å². The van der Waals surface area contributed by atoms with Crippen LogP contribution in [0.3, 0.4) is 0 Å². The number of aryl methyl sites for hydroxylation is 1. The van der Waals surface area contributed by atoms with Gasteiger partial charge in [-0.25, -0.2) is 14.1 Å². The summed E-state index contributed by atoms with van der Waals surface area (Å²) < 4.78 is 14.7. The predicted octanol–water partition coefficient (Wildman–Crippen LogP) is 2.51. The highest BCUT2D eigenvalue weighted by Gasteiger charge is 2.10. The van der Waals surface area contributed by atoms with Gasteiger partial charge in [-0.1, -0.05) is 6.07 Å². The molecule has 3 aromatic rings. The van der Waals surface area contributed by atoms with Gasteiger partial charge in [0.2, 0.25) is 0 Å². The zero-order valence-electron chi connectivity index (χ0n) is 15.0. The standard InChI is InChI=1S/C20H16FN5O2/c1-2-26-19(27)6-4-17(25-26)20(28)24-18-5-3-13(12-23-18)7-14-8-15(11-22)10-16(21)9-14/h3-6,8-10,12H,2,7H2,1H3,(H,23,24,28). The Labute approximate surface area is 160 Å². The number of amides is 1. The fraction of sp³-hybridized carbons (Fsp3) is 0.150. The van der Waals surface area contributed by atoms with Crippen molar-refractivity contribution in [1.82, 2.24) is 14.8 Å². The van der Waals surface area contributed by atoms with E-state index in [4.69, 9.17) is 5.26 Å². The third-order valence-electron chi connectivity index (χ3n) is 3.96. The van der Waals surface area contributed by atoms with Gasteiger partial charge in [-0.2, -0.15) is 10.4 Å². The minimum absolute atomic E-state index is 0.108. The number of benzene rings is 1. The smallest absolute Gasteiger partial charge is 0.277 e. The lowest BCUT2D eigenvalue weighted by atomic mass is 10.0. The number of nitrogens with one attached hydrogen (secondary N) is 1. The minimum atomic E-state index is -0.480. The largest absolute Gasteiger partial charge is 0.305 e. The maximum Gasteiger partial charge on any atom is 0.277 e. The first-order valence-electron chi connectivity index (χ1n) is 8.52. The van der Waals surface area contributed by atoms with Gasteiger partial charge in [0.25, 0.3) is 11.5 Å². The molecule has 0 spiro atoms. The first-order chi connectivity index (χ1) is 13.5. The van der Waals surface area contributed by atoms with E-state index in [9.17, 15) is 14.0 Å². The van der Waals surface area contributed by atoms with Gasteiger partial charge in [-0.3, -0.25) is 9.59 Å². The van der Waals surface area contributed by atoms with Crippen LogP contribution in [0.2, 0.25) is 0 Å². The molecule has 3 rings (SSSR count). The summed E-state index contributed by atoms with van der Waals surface area (Å²) in [7, 11) is 0. The molecule has 2 aromatic heterocycles. The quantitative estimate of drug-likeness (QED) is 0.736. The van der Waals surface area contributed by atoms with Crippen molar-refractivity contribution in [2.24, 2.45) is 0 Å². The highest BCUT2D eigenvalue weighted by Crippen LogP contribution is 2.14. The van der Waals surface area contributed by atoms with Crippen LogP contribution < -0.4 is 10.9 Å². The van der Waals surface area contributed by atoms with E-state index >= 15 is 0 Å². The molecule has 28 heavy (non-hydrogen) atoms. The summed E-state index contributed by atoms with van der Waals surface area (Å²) in [6.45, 7) is 2.12. The second-order valence-corrected chi connectivity index (χ2v) is 6.02. The molecule has 0 unspecified atom stereocenters. The lowest BCUT2D eigenvalue weighted by molar-refractivity contribution is 0.101. The highest BCUT2D eigenvalue weighted by atomic mass is 19.1. The van der Waals surface area contributed by atoms with Crippen LogP contribution in [0.5, 0.6) is 0 Å². The molecule has 0 aliphatic heterocycles. The van der Waals surface area contributed by atoms with Gasteiger partial charge in [-0.05, 0) is 54.8 Å². The van der Waals surface area contributed by atoms with Crippen LogP contribution in [0.25, 0.3) is 0 Å². The van der Waals surface area contributed by atoms with E-state index in [0.717, 1.165) is 5.56 Å². The SMILES string of the molecule is CCn1nc(C(=O)Nc2ccc(Cc3cc(F)cc(C#N)c3)cn2)ccc1=O. The number of rotatable bonds is 5. The third-order valence-corrected chi connectivity index (χ3v) is 3.96. The van der Waals surface area contributed by atoms with E-state index in [1.165, 1.54) is 28.9 Å². The normalized spacial score (nSPS) is 10.3. The molecule has 0 radical (unpaired) electrons. The third kappa shape index (κ3) is 4.45. The van der Waals surface area contributed by atoms with E-state index in [1.807, 2.05) is 6.07 Å². The Kier molecular flexibility index (Phi) is 5.56. The number of carbonyl (C=O) groups excluding carboxylic acids is 1. The molecule has 0 bridgehead atoms. The molecule has 0 saturated carbocycles. The second-order valence-electron chi connectivity index (χ2n) is 6.02. The number of halogens is 1. The number of nitriles is 1. The van der Waals surface area contributed by atoms with Gasteiger partial charge in [0.15, 0.2) is 0 Å². The molecule has 140 valence electrons. The molecule has 1 amide bonds. The predicted molar refractivity (Wildman–Crippen MR) is 100 cm³/mol. The van der Waals surface area contributed by atoms with Gasteiger partial charge in [-0.15, -0.1) is 0 Å². The Morgan fingerprint density at radius 1 is 1.21 bits per heavy atom. The van der Waals surface area contributed by atoms with Gasteiger partial charge in [0.05, 0.1) is 11.6 Å². The number of nitrogens with zero attached hydrogens (tertiary/aromatic N) is 4. The molecule has 0 fully saturated rings. The van der Waals surface area contributed by atoms with E-state index in [-0.39, 0.29) is 16.8 Å². The molecule has 8 heteroatoms. The Morgan fingerprint density at radius 2 is 2.04 bits per heavy atom. The first-order valence-corrected chi connectivity index (χ1v) is 8.52. The number of hydrogen-bond acceptors (Lipinski definition) is 5. The fourth-order valence-corrected chi connectivity index (χ4v) is 2.63. The summed E-state index contributed by atoms with van der Waals surface area (Å²) in [5, 5.41) is 15.5. The van der Waals surface area contributed by atoms with Crippen LogP contribution in [0.15, 0.2) is 53.5 Å². The van der Waals surface area contributed by atoms with E-state index in [2.05, 4.69) is 15.4 Å². The van der Waals surface area contributed by atoms with Crippen LogP contribution >= 0.6 is 0 Å². The fourth-order valence-electron chi connectivity index (χ4n) is 2.63. The van der Waals surface area contributed by atoms with Crippen molar-refractivity contribution in [1.29, 1.82) is 5.26 Å². The summed E-state index contributed by atoms with van der Waals surface area (Å²) in [5.74, 6) is -0.625. The number of hydrogen-bond donors (Lipinski definition) is 1. The lowest BCUT2D eigenvalue weighted by Crippen LogP contribution is -2.25. The molecule has 7 nitrogen and oxygen atoms in total. The van der Waals surface area contributed by atoms with Crippen LogP contribution in [0, 0.1) is 17.1 Å². The average molecular weight is 377 g/mol. The molecular formula is C20H16FN5O2. The molecule has 0 atom stereocenters. The molecule has 0 aliphatic carbocycles. The topological polar surface area (TPSA) is 101 Å². The van der Waals surface area contributed by atoms with Crippen molar-refractivity contribution in [2.75, 3.05) is 5.32 Å². The first kappa shape index (κ1) is 18.9. The number of anilines is 1. The van der Waals surface area contributed by atoms with Gasteiger partial charge < -0.3 is 5.32 Å². The highest BCUT2D eigenvalue weighted by molar-refractivity contribution is 6.02. The Hall–Kier alpha value is -3.86. The summed E-state index contributed by atoms with van der Waals surface area (Å²) in [5.41, 5.74) is 1.54. The monoisotopic (exact) mass is 377 g/mol. The minimum Gasteiger partial charge on any atom is -0.305 e. The maximum atomic E-state index is 13.5. The molecule has 2 heterocycles. The lowest BCUT2D eigenvalue weighted by Gasteiger charge is -2.07. The van der Waals surface area contributed by atoms with E-state index in [1.54, 1.807) is 31.3 Å². The molecular weight excluding hydrogens is 361 g/mol. The average Bonchev–Trinajstić information content (AvgIpc) is 2.69. The van der Waals surface area contributed by atoms with Crippen LogP contribution in [-0.2, 0) is 13.0 Å². The molecule has 0 aliphatic rings. The molecule has 1 aromatic carbocycles. The zero-order valence-corrected chi connectivity index (χ0v) is 15.0. The van der Waals surface area contributed by atoms with Crippen LogP contribution in [0.1, 0.15) is 34.1 Å². The second kappa shape index (κ2) is 8.22. The van der Waals surface area contributed by atoms with Crippen molar-refractivity contribution < 1.29 is 9.18 Å².